The summed E-state index contributed by atoms with van der Waals surface area (Å²) in [4.78, 5) is 40.1. The van der Waals surface area contributed by atoms with Crippen LogP contribution in [0.1, 0.15) is 46.1 Å². The van der Waals surface area contributed by atoms with Gasteiger partial charge in [0, 0.05) is 26.2 Å². The van der Waals surface area contributed by atoms with Gasteiger partial charge in [-0.1, -0.05) is 25.5 Å². The fraction of sp³-hybridized carbons (Fsp3) is 0.609. The molecule has 0 unspecified atom stereocenters. The second-order valence-corrected chi connectivity index (χ2v) is 8.65. The summed E-state index contributed by atoms with van der Waals surface area (Å²) in [7, 11) is 0. The molecule has 1 fully saturated rings. The molecule has 0 bridgehead atoms. The molecule has 0 atom stereocenters. The Morgan fingerprint density at radius 3 is 2.16 bits per heavy atom. The molecule has 1 aromatic carbocycles. The van der Waals surface area contributed by atoms with Gasteiger partial charge < -0.3 is 24.6 Å². The van der Waals surface area contributed by atoms with Gasteiger partial charge in [-0.3, -0.25) is 9.59 Å². The van der Waals surface area contributed by atoms with Gasteiger partial charge in [0.15, 0.2) is 6.61 Å². The van der Waals surface area contributed by atoms with Crippen LogP contribution in [0.3, 0.4) is 0 Å². The van der Waals surface area contributed by atoms with Crippen molar-refractivity contribution in [3.63, 3.8) is 0 Å². The highest BCUT2D eigenvalue weighted by Gasteiger charge is 2.23. The highest BCUT2D eigenvalue weighted by Crippen LogP contribution is 2.14. The number of ether oxygens (including phenoxy) is 2. The number of nitrogens with zero attached hydrogens (tertiary/aromatic N) is 2. The summed E-state index contributed by atoms with van der Waals surface area (Å²) in [6, 6.07) is 7.81. The van der Waals surface area contributed by atoms with Crippen molar-refractivity contribution >= 4 is 17.9 Å². The van der Waals surface area contributed by atoms with Crippen LogP contribution < -0.4 is 10.1 Å². The monoisotopic (exact) mass is 433 g/mol. The zero-order valence-corrected chi connectivity index (χ0v) is 19.1. The Labute approximate surface area is 184 Å². The number of rotatable bonds is 7. The minimum Gasteiger partial charge on any atom is -0.484 e. The molecule has 1 aromatic rings. The molecule has 31 heavy (non-hydrogen) atoms. The van der Waals surface area contributed by atoms with E-state index in [9.17, 15) is 14.4 Å². The first-order chi connectivity index (χ1) is 14.7. The molecule has 8 heteroatoms. The molecule has 1 N–H and O–H groups in total. The van der Waals surface area contributed by atoms with Crippen LogP contribution in [-0.4, -0.2) is 72.6 Å². The number of hydrogen-bond donors (Lipinski definition) is 1. The van der Waals surface area contributed by atoms with Crippen molar-refractivity contribution < 1.29 is 23.9 Å². The zero-order valence-electron chi connectivity index (χ0n) is 19.1. The van der Waals surface area contributed by atoms with Crippen molar-refractivity contribution in [1.29, 1.82) is 0 Å². The molecule has 2 rings (SSSR count). The van der Waals surface area contributed by atoms with Gasteiger partial charge in [0.2, 0.25) is 5.91 Å². The minimum absolute atomic E-state index is 0.0265. The average Bonchev–Trinajstić information content (AvgIpc) is 2.97. The summed E-state index contributed by atoms with van der Waals surface area (Å²) in [6.45, 7) is 9.25. The minimum atomic E-state index is -0.618. The van der Waals surface area contributed by atoms with E-state index in [-0.39, 0.29) is 25.0 Å². The summed E-state index contributed by atoms with van der Waals surface area (Å²) in [5.41, 5.74) is 0.635. The maximum Gasteiger partial charge on any atom is 0.408 e. The molecule has 0 aromatic heterocycles. The van der Waals surface area contributed by atoms with E-state index in [2.05, 4.69) is 12.2 Å². The molecule has 1 saturated heterocycles. The predicted octanol–water partition coefficient (Wildman–Crippen LogP) is 2.60. The number of hydrogen-bond acceptors (Lipinski definition) is 5. The highest BCUT2D eigenvalue weighted by atomic mass is 16.6. The predicted molar refractivity (Wildman–Crippen MR) is 118 cm³/mol. The zero-order chi connectivity index (χ0) is 22.9. The van der Waals surface area contributed by atoms with E-state index in [1.54, 1.807) is 30.6 Å². The summed E-state index contributed by atoms with van der Waals surface area (Å²) < 4.78 is 10.8. The van der Waals surface area contributed by atoms with Crippen LogP contribution in [-0.2, 0) is 20.7 Å². The lowest BCUT2D eigenvalue weighted by Gasteiger charge is -2.23. The highest BCUT2D eigenvalue weighted by molar-refractivity contribution is 5.82. The molecule has 0 aliphatic carbocycles. The Kier molecular flexibility index (Phi) is 9.15. The molecular formula is C23H35N3O5. The quantitative estimate of drug-likeness (QED) is 0.714. The molecule has 1 aliphatic rings. The molecule has 0 radical (unpaired) electrons. The number of carbonyl (C=O) groups is 3. The average molecular weight is 434 g/mol. The number of nitrogens with one attached hydrogen (secondary N) is 1. The van der Waals surface area contributed by atoms with Crippen molar-refractivity contribution in [3.8, 4) is 5.75 Å². The summed E-state index contributed by atoms with van der Waals surface area (Å²) in [5.74, 6) is 0.385. The van der Waals surface area contributed by atoms with E-state index in [4.69, 9.17) is 9.47 Å². The molecule has 3 amide bonds. The van der Waals surface area contributed by atoms with Gasteiger partial charge in [-0.05, 0) is 51.3 Å². The van der Waals surface area contributed by atoms with Gasteiger partial charge in [0.05, 0.1) is 0 Å². The number of carbonyl (C=O) groups excluding carboxylic acids is 3. The fourth-order valence-corrected chi connectivity index (χ4v) is 3.27. The normalized spacial score (nSPS) is 14.6. The van der Waals surface area contributed by atoms with Crippen LogP contribution in [0.5, 0.6) is 5.75 Å². The third-order valence-corrected chi connectivity index (χ3v) is 4.81. The van der Waals surface area contributed by atoms with Crippen molar-refractivity contribution in [2.45, 2.75) is 52.6 Å². The Bertz CT molecular complexity index is 743. The third kappa shape index (κ3) is 8.86. The second-order valence-electron chi connectivity index (χ2n) is 8.65. The summed E-state index contributed by atoms with van der Waals surface area (Å²) >= 11 is 0. The first-order valence-electron chi connectivity index (χ1n) is 10.9. The first kappa shape index (κ1) is 24.5. The van der Waals surface area contributed by atoms with Crippen LogP contribution in [0.15, 0.2) is 24.3 Å². The smallest absolute Gasteiger partial charge is 0.408 e. The van der Waals surface area contributed by atoms with Crippen molar-refractivity contribution in [2.75, 3.05) is 39.3 Å². The molecule has 1 heterocycles. The lowest BCUT2D eigenvalue weighted by atomic mass is 10.1. The lowest BCUT2D eigenvalue weighted by molar-refractivity contribution is -0.134. The van der Waals surface area contributed by atoms with Crippen LogP contribution >= 0.6 is 0 Å². The van der Waals surface area contributed by atoms with E-state index in [0.717, 1.165) is 12.8 Å². The number of amides is 3. The van der Waals surface area contributed by atoms with Crippen molar-refractivity contribution in [2.24, 2.45) is 0 Å². The van der Waals surface area contributed by atoms with Gasteiger partial charge in [-0.15, -0.1) is 0 Å². The first-order valence-corrected chi connectivity index (χ1v) is 10.9. The van der Waals surface area contributed by atoms with Gasteiger partial charge in [0.1, 0.15) is 17.9 Å². The second kappa shape index (κ2) is 11.6. The molecular weight excluding hydrogens is 398 g/mol. The molecule has 0 spiro atoms. The van der Waals surface area contributed by atoms with Crippen LogP contribution in [0.25, 0.3) is 0 Å². The largest absolute Gasteiger partial charge is 0.484 e. The van der Waals surface area contributed by atoms with Gasteiger partial charge in [0.25, 0.3) is 5.91 Å². The van der Waals surface area contributed by atoms with Gasteiger partial charge in [-0.2, -0.15) is 0 Å². The van der Waals surface area contributed by atoms with Gasteiger partial charge >= 0.3 is 6.09 Å². The topological polar surface area (TPSA) is 88.2 Å². The maximum atomic E-state index is 12.5. The Morgan fingerprint density at radius 2 is 1.58 bits per heavy atom. The van der Waals surface area contributed by atoms with Crippen LogP contribution in [0.2, 0.25) is 0 Å². The molecule has 0 saturated carbocycles. The Balaban J connectivity index is 1.75. The number of aryl methyl sites for hydroxylation is 1. The van der Waals surface area contributed by atoms with Gasteiger partial charge in [-0.25, -0.2) is 4.79 Å². The lowest BCUT2D eigenvalue weighted by Crippen LogP contribution is -2.44. The Morgan fingerprint density at radius 1 is 0.968 bits per heavy atom. The summed E-state index contributed by atoms with van der Waals surface area (Å²) in [6.07, 6.45) is 2.17. The maximum absolute atomic E-state index is 12.5. The van der Waals surface area contributed by atoms with E-state index in [1.807, 2.05) is 24.3 Å². The van der Waals surface area contributed by atoms with E-state index in [1.165, 1.54) is 5.56 Å². The summed E-state index contributed by atoms with van der Waals surface area (Å²) in [5, 5.41) is 2.49. The molecule has 1 aliphatic heterocycles. The molecule has 172 valence electrons. The SMILES string of the molecule is CCCc1ccc(OCC(=O)N2CCCN(C(=O)CNC(=O)OC(C)(C)C)CC2)cc1. The van der Waals surface area contributed by atoms with E-state index >= 15 is 0 Å². The standard InChI is InChI=1S/C23H35N3O5/c1-5-7-18-8-10-19(11-9-18)30-17-21(28)26-13-6-12-25(14-15-26)20(27)16-24-22(29)31-23(2,3)4/h8-11H,5-7,12-17H2,1-4H3,(H,24,29). The van der Waals surface area contributed by atoms with Crippen LogP contribution in [0.4, 0.5) is 4.79 Å². The number of alkyl carbamates (subject to hydrolysis) is 1. The molecule has 8 nitrogen and oxygen atoms in total. The third-order valence-electron chi connectivity index (χ3n) is 4.81. The number of benzene rings is 1. The van der Waals surface area contributed by atoms with Crippen molar-refractivity contribution in [1.82, 2.24) is 15.1 Å². The fourth-order valence-electron chi connectivity index (χ4n) is 3.27. The van der Waals surface area contributed by atoms with Crippen molar-refractivity contribution in [3.05, 3.63) is 29.8 Å². The van der Waals surface area contributed by atoms with Crippen LogP contribution in [0, 0.1) is 0 Å². The van der Waals surface area contributed by atoms with E-state index < -0.39 is 11.7 Å². The Hall–Kier alpha value is -2.77. The van der Waals surface area contributed by atoms with E-state index in [0.29, 0.717) is 38.3 Å².